The van der Waals surface area contributed by atoms with Crippen LogP contribution < -0.4 is 5.32 Å². The Morgan fingerprint density at radius 1 is 1.44 bits per heavy atom. The summed E-state index contributed by atoms with van der Waals surface area (Å²) in [5, 5.41) is 11.4. The van der Waals surface area contributed by atoms with E-state index >= 15 is 0 Å². The molecule has 2 nitrogen and oxygen atoms in total. The third kappa shape index (κ3) is 7.92. The summed E-state index contributed by atoms with van der Waals surface area (Å²) >= 11 is 0. The zero-order valence-electron chi connectivity index (χ0n) is 6.94. The maximum absolute atomic E-state index is 8.46. The third-order valence-electron chi connectivity index (χ3n) is 1.12. The number of rotatable bonds is 3. The maximum atomic E-state index is 8.46. The molecule has 0 aromatic carbocycles. The lowest BCUT2D eigenvalue weighted by Gasteiger charge is -2.07. The van der Waals surface area contributed by atoms with Crippen LogP contribution >= 0.6 is 0 Å². The van der Waals surface area contributed by atoms with Gasteiger partial charge in [0, 0.05) is 6.04 Å². The number of aliphatic hydroxyl groups excluding tert-OH is 1. The van der Waals surface area contributed by atoms with Crippen LogP contribution in [0.3, 0.4) is 0 Å². The highest BCUT2D eigenvalue weighted by atomic mass is 16.3. The van der Waals surface area contributed by atoms with E-state index in [-0.39, 0.29) is 6.61 Å². The Hall–Kier alpha value is -0.0800. The first-order chi connectivity index (χ1) is 4.35. The molecule has 0 aliphatic heterocycles. The molecule has 0 rings (SSSR count). The molecule has 0 radical (unpaired) electrons. The standard InChI is InChI=1S/C5H13NO.C2H6/c1-3-5(4-7)6-2;1-2/h5-7H,3-4H2,1-2H3;1-2H3. The van der Waals surface area contributed by atoms with Gasteiger partial charge in [0.15, 0.2) is 0 Å². The summed E-state index contributed by atoms with van der Waals surface area (Å²) in [6.07, 6.45) is 0.993. The van der Waals surface area contributed by atoms with Gasteiger partial charge in [-0.1, -0.05) is 20.8 Å². The van der Waals surface area contributed by atoms with Crippen LogP contribution in [0, 0.1) is 0 Å². The Morgan fingerprint density at radius 2 is 1.89 bits per heavy atom. The molecule has 0 bridgehead atoms. The summed E-state index contributed by atoms with van der Waals surface area (Å²) in [7, 11) is 1.85. The van der Waals surface area contributed by atoms with Crippen LogP contribution in [0.2, 0.25) is 0 Å². The first-order valence-electron chi connectivity index (χ1n) is 3.63. The molecule has 0 saturated heterocycles. The second kappa shape index (κ2) is 10.8. The van der Waals surface area contributed by atoms with Crippen LogP contribution in [0.15, 0.2) is 0 Å². The topological polar surface area (TPSA) is 32.3 Å². The predicted molar refractivity (Wildman–Crippen MR) is 41.6 cm³/mol. The quantitative estimate of drug-likeness (QED) is 0.602. The largest absolute Gasteiger partial charge is 0.395 e. The number of hydrogen-bond acceptors (Lipinski definition) is 2. The summed E-state index contributed by atoms with van der Waals surface area (Å²) in [6, 6.07) is 0.292. The highest BCUT2D eigenvalue weighted by molar-refractivity contribution is 4.56. The van der Waals surface area contributed by atoms with E-state index in [1.54, 1.807) is 0 Å². The second-order valence-electron chi connectivity index (χ2n) is 1.58. The third-order valence-corrected chi connectivity index (χ3v) is 1.12. The van der Waals surface area contributed by atoms with Crippen LogP contribution in [0.25, 0.3) is 0 Å². The lowest BCUT2D eigenvalue weighted by Crippen LogP contribution is -2.27. The van der Waals surface area contributed by atoms with E-state index in [9.17, 15) is 0 Å². The normalized spacial score (nSPS) is 11.7. The minimum Gasteiger partial charge on any atom is -0.395 e. The van der Waals surface area contributed by atoms with E-state index in [0.717, 1.165) is 6.42 Å². The Labute approximate surface area is 58.3 Å². The zero-order valence-corrected chi connectivity index (χ0v) is 6.94. The van der Waals surface area contributed by atoms with Crippen molar-refractivity contribution in [2.24, 2.45) is 0 Å². The molecule has 0 aliphatic rings. The van der Waals surface area contributed by atoms with Crippen molar-refractivity contribution in [3.63, 3.8) is 0 Å². The first kappa shape index (κ1) is 11.7. The summed E-state index contributed by atoms with van der Waals surface area (Å²) in [5.74, 6) is 0. The Balaban J connectivity index is 0. The van der Waals surface area contributed by atoms with Crippen LogP contribution in [0.1, 0.15) is 27.2 Å². The minimum absolute atomic E-state index is 0.243. The monoisotopic (exact) mass is 133 g/mol. The maximum Gasteiger partial charge on any atom is 0.0584 e. The number of nitrogens with one attached hydrogen (secondary N) is 1. The van der Waals surface area contributed by atoms with E-state index in [2.05, 4.69) is 5.32 Å². The van der Waals surface area contributed by atoms with Gasteiger partial charge >= 0.3 is 0 Å². The Morgan fingerprint density at radius 3 is 1.89 bits per heavy atom. The summed E-state index contributed by atoms with van der Waals surface area (Å²) in [6.45, 7) is 6.28. The van der Waals surface area contributed by atoms with Crippen molar-refractivity contribution in [3.05, 3.63) is 0 Å². The van der Waals surface area contributed by atoms with Gasteiger partial charge in [-0.05, 0) is 13.5 Å². The lowest BCUT2D eigenvalue weighted by atomic mass is 10.2. The molecule has 0 fully saturated rings. The molecule has 2 N–H and O–H groups in total. The highest BCUT2D eigenvalue weighted by Crippen LogP contribution is 1.84. The van der Waals surface area contributed by atoms with Gasteiger partial charge in [0.2, 0.25) is 0 Å². The predicted octanol–water partition coefficient (Wildman–Crippen LogP) is 1.00. The molecule has 0 spiro atoms. The highest BCUT2D eigenvalue weighted by Gasteiger charge is 1.95. The van der Waals surface area contributed by atoms with Crippen LogP contribution in [0.4, 0.5) is 0 Å². The molecule has 2 heteroatoms. The number of aliphatic hydroxyl groups is 1. The Bertz CT molecular complexity index is 30.4. The van der Waals surface area contributed by atoms with Crippen molar-refractivity contribution in [2.45, 2.75) is 33.2 Å². The Kier molecular flexibility index (Phi) is 14.0. The van der Waals surface area contributed by atoms with Crippen LogP contribution in [0.5, 0.6) is 0 Å². The van der Waals surface area contributed by atoms with Gasteiger partial charge in [-0.25, -0.2) is 0 Å². The zero-order chi connectivity index (χ0) is 7.70. The first-order valence-corrected chi connectivity index (χ1v) is 3.63. The van der Waals surface area contributed by atoms with E-state index in [1.807, 2.05) is 27.8 Å². The molecule has 0 saturated carbocycles. The smallest absolute Gasteiger partial charge is 0.0584 e. The average Bonchev–Trinajstić information content (AvgIpc) is 1.96. The van der Waals surface area contributed by atoms with E-state index in [0.29, 0.717) is 6.04 Å². The molecule has 58 valence electrons. The minimum atomic E-state index is 0.243. The summed E-state index contributed by atoms with van der Waals surface area (Å²) in [4.78, 5) is 0. The van der Waals surface area contributed by atoms with Crippen molar-refractivity contribution in [1.29, 1.82) is 0 Å². The lowest BCUT2D eigenvalue weighted by molar-refractivity contribution is 0.245. The fourth-order valence-electron chi connectivity index (χ4n) is 0.425. The molecule has 0 aromatic heterocycles. The average molecular weight is 133 g/mol. The van der Waals surface area contributed by atoms with Crippen molar-refractivity contribution in [3.8, 4) is 0 Å². The van der Waals surface area contributed by atoms with Gasteiger partial charge in [-0.3, -0.25) is 0 Å². The van der Waals surface area contributed by atoms with Crippen molar-refractivity contribution >= 4 is 0 Å². The second-order valence-corrected chi connectivity index (χ2v) is 1.58. The van der Waals surface area contributed by atoms with Crippen LogP contribution in [-0.2, 0) is 0 Å². The van der Waals surface area contributed by atoms with E-state index in [1.165, 1.54) is 0 Å². The van der Waals surface area contributed by atoms with E-state index < -0.39 is 0 Å². The van der Waals surface area contributed by atoms with Gasteiger partial charge in [-0.2, -0.15) is 0 Å². The molecule has 1 atom stereocenters. The van der Waals surface area contributed by atoms with Crippen LogP contribution in [-0.4, -0.2) is 24.8 Å². The van der Waals surface area contributed by atoms with Crippen molar-refractivity contribution < 1.29 is 5.11 Å². The molecular formula is C7H19NO. The summed E-state index contributed by atoms with van der Waals surface area (Å²) in [5.41, 5.74) is 0. The number of hydrogen-bond donors (Lipinski definition) is 2. The molecule has 1 unspecified atom stereocenters. The molecule has 0 heterocycles. The van der Waals surface area contributed by atoms with Gasteiger partial charge in [0.05, 0.1) is 6.61 Å². The van der Waals surface area contributed by atoms with E-state index in [4.69, 9.17) is 5.11 Å². The number of likely N-dealkylation sites (N-methyl/N-ethyl adjacent to an activating group) is 1. The van der Waals surface area contributed by atoms with Gasteiger partial charge in [0.25, 0.3) is 0 Å². The fraction of sp³-hybridized carbons (Fsp3) is 1.00. The SMILES string of the molecule is CC.CCC(CO)NC. The fourth-order valence-corrected chi connectivity index (χ4v) is 0.425. The molecule has 0 amide bonds. The van der Waals surface area contributed by atoms with Gasteiger partial charge in [-0.15, -0.1) is 0 Å². The molecular weight excluding hydrogens is 114 g/mol. The molecule has 9 heavy (non-hydrogen) atoms. The van der Waals surface area contributed by atoms with Crippen molar-refractivity contribution in [1.82, 2.24) is 5.32 Å². The molecule has 0 aromatic rings. The summed E-state index contributed by atoms with van der Waals surface area (Å²) < 4.78 is 0. The molecule has 0 aliphatic carbocycles. The van der Waals surface area contributed by atoms with Gasteiger partial charge < -0.3 is 10.4 Å². The van der Waals surface area contributed by atoms with Gasteiger partial charge in [0.1, 0.15) is 0 Å². The van der Waals surface area contributed by atoms with Crippen molar-refractivity contribution in [2.75, 3.05) is 13.7 Å².